The molecule has 160 valence electrons. The highest BCUT2D eigenvalue weighted by atomic mass is 35.5. The van der Waals surface area contributed by atoms with Gasteiger partial charge in [-0.05, 0) is 55.0 Å². The minimum atomic E-state index is -0.321. The van der Waals surface area contributed by atoms with Crippen molar-refractivity contribution in [2.24, 2.45) is 0 Å². The van der Waals surface area contributed by atoms with E-state index in [2.05, 4.69) is 16.0 Å². The number of hydrogen-bond donors (Lipinski definition) is 3. The predicted molar refractivity (Wildman–Crippen MR) is 124 cm³/mol. The van der Waals surface area contributed by atoms with Crippen LogP contribution in [0.25, 0.3) is 0 Å². The van der Waals surface area contributed by atoms with E-state index in [1.54, 1.807) is 55.6 Å². The monoisotopic (exact) mass is 437 g/mol. The first-order valence-corrected chi connectivity index (χ1v) is 10.2. The molecule has 0 saturated heterocycles. The molecular weight excluding hydrogens is 414 g/mol. The number of nitrogens with one attached hydrogen (secondary N) is 3. The van der Waals surface area contributed by atoms with Crippen molar-refractivity contribution in [1.82, 2.24) is 5.32 Å². The van der Waals surface area contributed by atoms with Crippen LogP contribution in [-0.2, 0) is 4.79 Å². The molecule has 0 aromatic heterocycles. The minimum Gasteiger partial charge on any atom is -0.497 e. The molecule has 2 amide bonds. The first kappa shape index (κ1) is 22.3. The first-order valence-electron chi connectivity index (χ1n) is 9.80. The smallest absolute Gasteiger partial charge is 0.257 e. The summed E-state index contributed by atoms with van der Waals surface area (Å²) < 4.78 is 5.12. The van der Waals surface area contributed by atoms with Crippen LogP contribution in [0.4, 0.5) is 11.4 Å². The quantitative estimate of drug-likeness (QED) is 0.468. The molecule has 3 aromatic carbocycles. The Morgan fingerprint density at radius 1 is 0.935 bits per heavy atom. The Hall–Kier alpha value is -3.35. The lowest BCUT2D eigenvalue weighted by molar-refractivity contribution is -0.115. The van der Waals surface area contributed by atoms with E-state index in [0.29, 0.717) is 27.7 Å². The topological polar surface area (TPSA) is 79.5 Å². The van der Waals surface area contributed by atoms with E-state index < -0.39 is 0 Å². The summed E-state index contributed by atoms with van der Waals surface area (Å²) in [5.41, 5.74) is 2.34. The Kier molecular flexibility index (Phi) is 7.65. The van der Waals surface area contributed by atoms with Crippen molar-refractivity contribution < 1.29 is 14.3 Å². The van der Waals surface area contributed by atoms with Crippen molar-refractivity contribution in [3.05, 3.63) is 88.9 Å². The van der Waals surface area contributed by atoms with Crippen molar-refractivity contribution in [2.45, 2.75) is 13.0 Å². The number of amides is 2. The highest BCUT2D eigenvalue weighted by Crippen LogP contribution is 2.22. The summed E-state index contributed by atoms with van der Waals surface area (Å²) in [5.74, 6) is 0.117. The van der Waals surface area contributed by atoms with Crippen LogP contribution in [0.2, 0.25) is 5.02 Å². The Morgan fingerprint density at radius 2 is 1.61 bits per heavy atom. The van der Waals surface area contributed by atoms with Gasteiger partial charge < -0.3 is 20.7 Å². The molecule has 6 nitrogen and oxygen atoms in total. The zero-order chi connectivity index (χ0) is 22.2. The third-order valence-electron chi connectivity index (χ3n) is 4.73. The van der Waals surface area contributed by atoms with Crippen molar-refractivity contribution >= 4 is 34.8 Å². The second-order valence-corrected chi connectivity index (χ2v) is 7.31. The molecule has 7 heteroatoms. The molecule has 0 fully saturated rings. The number of methoxy groups -OCH3 is 1. The number of rotatable bonds is 8. The second-order valence-electron chi connectivity index (χ2n) is 6.90. The highest BCUT2D eigenvalue weighted by Gasteiger charge is 2.15. The molecule has 0 radical (unpaired) electrons. The van der Waals surface area contributed by atoms with Gasteiger partial charge in [0.1, 0.15) is 5.75 Å². The van der Waals surface area contributed by atoms with Crippen molar-refractivity contribution in [3.63, 3.8) is 0 Å². The van der Waals surface area contributed by atoms with E-state index in [0.717, 1.165) is 5.56 Å². The molecule has 0 heterocycles. The van der Waals surface area contributed by atoms with Gasteiger partial charge in [-0.15, -0.1) is 0 Å². The normalized spacial score (nSPS) is 11.5. The van der Waals surface area contributed by atoms with Crippen molar-refractivity contribution in [3.8, 4) is 5.75 Å². The standard InChI is InChI=1S/C24H24ClN3O3/c1-16(19-7-3-5-9-21(19)25)26-15-23(29)28-22-10-6-4-8-20(22)24(30)27-17-11-13-18(31-2)14-12-17/h3-14,16,26H,15H2,1-2H3,(H,27,30)(H,28,29). The lowest BCUT2D eigenvalue weighted by atomic mass is 10.1. The van der Waals surface area contributed by atoms with Gasteiger partial charge in [0, 0.05) is 16.8 Å². The van der Waals surface area contributed by atoms with Crippen LogP contribution in [0.15, 0.2) is 72.8 Å². The van der Waals surface area contributed by atoms with Gasteiger partial charge in [0.15, 0.2) is 0 Å². The van der Waals surface area contributed by atoms with E-state index in [4.69, 9.17) is 16.3 Å². The van der Waals surface area contributed by atoms with Gasteiger partial charge in [0.05, 0.1) is 24.9 Å². The Morgan fingerprint density at radius 3 is 2.32 bits per heavy atom. The van der Waals surface area contributed by atoms with Crippen LogP contribution in [0.5, 0.6) is 5.75 Å². The van der Waals surface area contributed by atoms with Gasteiger partial charge in [-0.3, -0.25) is 9.59 Å². The van der Waals surface area contributed by atoms with E-state index in [9.17, 15) is 9.59 Å². The average Bonchev–Trinajstić information content (AvgIpc) is 2.78. The number of hydrogen-bond acceptors (Lipinski definition) is 4. The summed E-state index contributed by atoms with van der Waals surface area (Å²) in [5, 5.41) is 9.42. The largest absolute Gasteiger partial charge is 0.497 e. The number of ether oxygens (including phenoxy) is 1. The fourth-order valence-electron chi connectivity index (χ4n) is 3.04. The number of halogens is 1. The predicted octanol–water partition coefficient (Wildman–Crippen LogP) is 4.89. The fourth-order valence-corrected chi connectivity index (χ4v) is 3.34. The van der Waals surface area contributed by atoms with Gasteiger partial charge in [0.25, 0.3) is 5.91 Å². The van der Waals surface area contributed by atoms with Crippen LogP contribution >= 0.6 is 11.6 Å². The summed E-state index contributed by atoms with van der Waals surface area (Å²) in [6.07, 6.45) is 0. The van der Waals surface area contributed by atoms with Crippen LogP contribution in [0.3, 0.4) is 0 Å². The molecule has 3 rings (SSSR count). The Balaban J connectivity index is 1.62. The SMILES string of the molecule is COc1ccc(NC(=O)c2ccccc2NC(=O)CNC(C)c2ccccc2Cl)cc1. The molecule has 0 aliphatic carbocycles. The van der Waals surface area contributed by atoms with Gasteiger partial charge in [-0.1, -0.05) is 41.9 Å². The summed E-state index contributed by atoms with van der Waals surface area (Å²) >= 11 is 6.21. The average molecular weight is 438 g/mol. The van der Waals surface area contributed by atoms with Crippen LogP contribution in [0, 0.1) is 0 Å². The molecule has 31 heavy (non-hydrogen) atoms. The van der Waals surface area contributed by atoms with E-state index >= 15 is 0 Å². The lowest BCUT2D eigenvalue weighted by Crippen LogP contribution is -2.30. The molecule has 3 aromatic rings. The summed E-state index contributed by atoms with van der Waals surface area (Å²) in [4.78, 5) is 25.2. The molecule has 0 bridgehead atoms. The lowest BCUT2D eigenvalue weighted by Gasteiger charge is -2.16. The van der Waals surface area contributed by atoms with Crippen LogP contribution in [0.1, 0.15) is 28.9 Å². The minimum absolute atomic E-state index is 0.0703. The van der Waals surface area contributed by atoms with E-state index in [1.807, 2.05) is 31.2 Å². The van der Waals surface area contributed by atoms with Gasteiger partial charge >= 0.3 is 0 Å². The van der Waals surface area contributed by atoms with Crippen LogP contribution in [-0.4, -0.2) is 25.5 Å². The molecule has 0 spiro atoms. The Labute approximate surface area is 186 Å². The third-order valence-corrected chi connectivity index (χ3v) is 5.08. The highest BCUT2D eigenvalue weighted by molar-refractivity contribution is 6.31. The van der Waals surface area contributed by atoms with Gasteiger partial charge in [-0.2, -0.15) is 0 Å². The molecule has 0 aliphatic rings. The number of benzene rings is 3. The summed E-state index contributed by atoms with van der Waals surface area (Å²) in [6, 6.07) is 21.3. The molecule has 1 unspecified atom stereocenters. The Bertz CT molecular complexity index is 1050. The molecular formula is C24H24ClN3O3. The maximum Gasteiger partial charge on any atom is 0.257 e. The molecule has 0 aliphatic heterocycles. The summed E-state index contributed by atoms with van der Waals surface area (Å²) in [6.45, 7) is 2.01. The zero-order valence-corrected chi connectivity index (χ0v) is 18.1. The molecule has 0 saturated carbocycles. The van der Waals surface area contributed by atoms with E-state index in [1.165, 1.54) is 0 Å². The number of carbonyl (C=O) groups is 2. The third kappa shape index (κ3) is 6.07. The van der Waals surface area contributed by atoms with Crippen molar-refractivity contribution in [2.75, 3.05) is 24.3 Å². The summed E-state index contributed by atoms with van der Waals surface area (Å²) in [7, 11) is 1.58. The number of anilines is 2. The maximum absolute atomic E-state index is 12.7. The van der Waals surface area contributed by atoms with Crippen LogP contribution < -0.4 is 20.7 Å². The second kappa shape index (κ2) is 10.6. The van der Waals surface area contributed by atoms with Crippen molar-refractivity contribution in [1.29, 1.82) is 0 Å². The fraction of sp³-hybridized carbons (Fsp3) is 0.167. The number of carbonyl (C=O) groups excluding carboxylic acids is 2. The molecule has 3 N–H and O–H groups in total. The van der Waals surface area contributed by atoms with Gasteiger partial charge in [-0.25, -0.2) is 0 Å². The van der Waals surface area contributed by atoms with Gasteiger partial charge in [0.2, 0.25) is 5.91 Å². The number of para-hydroxylation sites is 1. The maximum atomic E-state index is 12.7. The van der Waals surface area contributed by atoms with E-state index in [-0.39, 0.29) is 24.4 Å². The molecule has 1 atom stereocenters. The zero-order valence-electron chi connectivity index (χ0n) is 17.3. The first-order chi connectivity index (χ1) is 15.0.